The molecule has 5 rings (SSSR count). The number of phenolic OH excluding ortho intramolecular Hbond substituents is 3. The molecule has 5 aromatic carbocycles. The Morgan fingerprint density at radius 2 is 1.39 bits per heavy atom. The van der Waals surface area contributed by atoms with E-state index in [0.29, 0.717) is 5.56 Å². The molecule has 1 radical (unpaired) electrons. The molecule has 0 spiro atoms. The van der Waals surface area contributed by atoms with Crippen molar-refractivity contribution in [2.45, 2.75) is 16.7 Å². The molecule has 0 unspecified atom stereocenters. The fourth-order valence-corrected chi connectivity index (χ4v) is 5.65. The number of para-hydroxylation sites is 1. The molecule has 0 bridgehead atoms. The van der Waals surface area contributed by atoms with Gasteiger partial charge in [-0.25, -0.2) is 0 Å². The van der Waals surface area contributed by atoms with E-state index in [0.717, 1.165) is 18.2 Å². The summed E-state index contributed by atoms with van der Waals surface area (Å²) in [6.45, 7) is 1.56. The topological polar surface area (TPSA) is 245 Å². The number of nitrogens with zero attached hydrogens (tertiary/aromatic N) is 4. The van der Waals surface area contributed by atoms with Crippen molar-refractivity contribution in [3.63, 3.8) is 0 Å². The van der Waals surface area contributed by atoms with Crippen LogP contribution >= 0.6 is 0 Å². The first kappa shape index (κ1) is 32.3. The Balaban J connectivity index is 0.00000442. The van der Waals surface area contributed by atoms with E-state index in [1.54, 1.807) is 19.1 Å². The zero-order chi connectivity index (χ0) is 31.3. The molecule has 231 valence electrons. The Morgan fingerprint density at radius 3 is 2.05 bits per heavy atom. The number of aromatic hydroxyl groups is 3. The van der Waals surface area contributed by atoms with Crippen LogP contribution in [0.1, 0.15) is 5.56 Å². The van der Waals surface area contributed by atoms with Gasteiger partial charge < -0.3 is 21.1 Å². The van der Waals surface area contributed by atoms with Gasteiger partial charge in [0.15, 0.2) is 11.5 Å². The van der Waals surface area contributed by atoms with E-state index in [1.165, 1.54) is 36.4 Å². The van der Waals surface area contributed by atoms with Gasteiger partial charge in [0.2, 0.25) is 0 Å². The molecule has 0 aliphatic carbocycles. The molecule has 7 N–H and O–H groups in total. The van der Waals surface area contributed by atoms with Crippen LogP contribution in [0.3, 0.4) is 0 Å². The number of fused-ring (bicyclic) bond motifs is 2. The second kappa shape index (κ2) is 11.8. The van der Waals surface area contributed by atoms with Crippen molar-refractivity contribution in [2.75, 3.05) is 5.73 Å². The summed E-state index contributed by atoms with van der Waals surface area (Å²) in [7, 11) is -9.41. The summed E-state index contributed by atoms with van der Waals surface area (Å²) in [4.78, 5) is -1.07. The summed E-state index contributed by atoms with van der Waals surface area (Å²) in [6.07, 6.45) is 0. The van der Waals surface area contributed by atoms with Crippen molar-refractivity contribution in [1.82, 2.24) is 0 Å². The fourth-order valence-electron chi connectivity index (χ4n) is 4.40. The Bertz CT molecular complexity index is 2260. The van der Waals surface area contributed by atoms with Crippen molar-refractivity contribution in [3.8, 4) is 17.2 Å². The van der Waals surface area contributed by atoms with E-state index < -0.39 is 41.5 Å². The monoisotopic (exact) mass is 686 g/mol. The average molecular weight is 687 g/mol. The number of azo groups is 2. The van der Waals surface area contributed by atoms with Gasteiger partial charge in [-0.15, -0.1) is 15.3 Å². The second-order valence-electron chi connectivity index (χ2n) is 9.31. The zero-order valence-electron chi connectivity index (χ0n) is 22.2. The van der Waals surface area contributed by atoms with E-state index in [1.807, 2.05) is 0 Å². The SMILES string of the molecule is Cc1cc2cc(S(=O)(=O)O)cc(N)c2c(O)c1N=Nc1ccc2c(O)c(N=Nc3ccccc3O)cc(S(=O)(=O)O)c2c1.[Cu]. The van der Waals surface area contributed by atoms with E-state index >= 15 is 0 Å². The van der Waals surface area contributed by atoms with Crippen LogP contribution in [0.15, 0.2) is 97.0 Å². The van der Waals surface area contributed by atoms with Crippen LogP contribution in [0.25, 0.3) is 21.5 Å². The van der Waals surface area contributed by atoms with Gasteiger partial charge in [0.05, 0.1) is 10.6 Å². The van der Waals surface area contributed by atoms with Crippen LogP contribution in [-0.4, -0.2) is 41.3 Å². The third kappa shape index (κ3) is 6.19. The van der Waals surface area contributed by atoms with Crippen LogP contribution in [0.2, 0.25) is 0 Å². The van der Waals surface area contributed by atoms with Gasteiger partial charge in [0.1, 0.15) is 27.7 Å². The van der Waals surface area contributed by atoms with E-state index in [-0.39, 0.29) is 72.8 Å². The number of nitrogen functional groups attached to an aromatic ring is 1. The molecule has 14 nitrogen and oxygen atoms in total. The molecule has 0 atom stereocenters. The zero-order valence-corrected chi connectivity index (χ0v) is 24.8. The van der Waals surface area contributed by atoms with E-state index in [2.05, 4.69) is 20.5 Å². The number of hydrogen-bond donors (Lipinski definition) is 6. The molecule has 0 aliphatic rings. The minimum atomic E-state index is -4.85. The van der Waals surface area contributed by atoms with Crippen molar-refractivity contribution in [1.29, 1.82) is 0 Å². The molecule has 0 saturated carbocycles. The quantitative estimate of drug-likeness (QED) is 0.0502. The molecular formula is C27H21CuN5O9S2. The van der Waals surface area contributed by atoms with Crippen LogP contribution in [0, 0.1) is 6.92 Å². The van der Waals surface area contributed by atoms with Gasteiger partial charge >= 0.3 is 0 Å². The molecule has 0 amide bonds. The van der Waals surface area contributed by atoms with Crippen molar-refractivity contribution >= 4 is 70.2 Å². The van der Waals surface area contributed by atoms with Crippen molar-refractivity contribution < 1.29 is 58.3 Å². The number of phenols is 3. The summed E-state index contributed by atoms with van der Waals surface area (Å²) >= 11 is 0. The van der Waals surface area contributed by atoms with Gasteiger partial charge in [-0.05, 0) is 72.5 Å². The van der Waals surface area contributed by atoms with E-state index in [4.69, 9.17) is 5.73 Å². The Hall–Kier alpha value is -4.64. The number of benzene rings is 5. The normalized spacial score (nSPS) is 12.3. The predicted molar refractivity (Wildman–Crippen MR) is 156 cm³/mol. The Labute approximate surface area is 260 Å². The molecule has 0 aliphatic heterocycles. The van der Waals surface area contributed by atoms with Gasteiger partial charge in [0.25, 0.3) is 20.2 Å². The molecule has 0 heterocycles. The predicted octanol–water partition coefficient (Wildman–Crippen LogP) is 6.32. The maximum absolute atomic E-state index is 12.3. The summed E-state index contributed by atoms with van der Waals surface area (Å²) in [5.41, 5.74) is 5.95. The average Bonchev–Trinajstić information content (AvgIpc) is 2.91. The number of hydrogen-bond acceptors (Lipinski definition) is 12. The fraction of sp³-hybridized carbons (Fsp3) is 0.0370. The standard InChI is InChI=1S/C27H21N5O9S2.Cu/c1-13-8-14-9-16(42(36,37)38)11-19(28)24(14)27(35)25(13)32-29-15-6-7-17-18(10-15)23(43(39,40)41)12-21(26(17)34)31-30-20-4-2-3-5-22(20)33;/h2-12,33-35H,28H2,1H3,(H,36,37,38)(H,39,40,41);. The molecule has 0 aromatic heterocycles. The van der Waals surface area contributed by atoms with E-state index in [9.17, 15) is 41.3 Å². The minimum absolute atomic E-state index is 0. The number of anilines is 1. The molecule has 0 saturated heterocycles. The van der Waals surface area contributed by atoms with Gasteiger partial charge in [-0.2, -0.15) is 21.9 Å². The number of nitrogens with two attached hydrogens (primary N) is 1. The maximum atomic E-state index is 12.3. The Kier molecular flexibility index (Phi) is 8.66. The number of rotatable bonds is 6. The summed E-state index contributed by atoms with van der Waals surface area (Å²) in [5, 5.41) is 47.5. The van der Waals surface area contributed by atoms with Crippen LogP contribution in [0.5, 0.6) is 17.2 Å². The van der Waals surface area contributed by atoms with Crippen LogP contribution in [0.4, 0.5) is 28.4 Å². The largest absolute Gasteiger partial charge is 0.506 e. The Morgan fingerprint density at radius 1 is 0.705 bits per heavy atom. The summed E-state index contributed by atoms with van der Waals surface area (Å²) in [6, 6.07) is 14.4. The molecule has 0 fully saturated rings. The molecule has 5 aromatic rings. The summed E-state index contributed by atoms with van der Waals surface area (Å²) < 4.78 is 67.0. The molecular weight excluding hydrogens is 666 g/mol. The van der Waals surface area contributed by atoms with Crippen molar-refractivity contribution in [2.24, 2.45) is 20.5 Å². The van der Waals surface area contributed by atoms with Crippen LogP contribution in [-0.2, 0) is 37.3 Å². The molecule has 17 heteroatoms. The first-order valence-electron chi connectivity index (χ1n) is 12.1. The summed E-state index contributed by atoms with van der Waals surface area (Å²) in [5.74, 6) is -1.09. The van der Waals surface area contributed by atoms with Crippen LogP contribution < -0.4 is 5.73 Å². The third-order valence-electron chi connectivity index (χ3n) is 6.40. The third-order valence-corrected chi connectivity index (χ3v) is 8.13. The van der Waals surface area contributed by atoms with Gasteiger partial charge in [-0.3, -0.25) is 9.11 Å². The first-order chi connectivity index (χ1) is 20.1. The van der Waals surface area contributed by atoms with Gasteiger partial charge in [0, 0.05) is 38.9 Å². The first-order valence-corrected chi connectivity index (χ1v) is 14.9. The maximum Gasteiger partial charge on any atom is 0.295 e. The van der Waals surface area contributed by atoms with Gasteiger partial charge in [-0.1, -0.05) is 12.1 Å². The second-order valence-corrected chi connectivity index (χ2v) is 12.1. The number of aryl methyl sites for hydroxylation is 1. The smallest absolute Gasteiger partial charge is 0.295 e. The molecule has 44 heavy (non-hydrogen) atoms. The van der Waals surface area contributed by atoms with Crippen molar-refractivity contribution in [3.05, 3.63) is 72.3 Å². The minimum Gasteiger partial charge on any atom is -0.506 e.